The summed E-state index contributed by atoms with van der Waals surface area (Å²) in [4.78, 5) is 20.8. The van der Waals surface area contributed by atoms with Gasteiger partial charge >= 0.3 is 0 Å². The molecule has 1 aromatic carbocycles. The van der Waals surface area contributed by atoms with Crippen LogP contribution in [0, 0.1) is 0 Å². The van der Waals surface area contributed by atoms with Gasteiger partial charge in [-0.05, 0) is 36.4 Å². The molecule has 1 aromatic heterocycles. The Labute approximate surface area is 97.8 Å². The average molecular weight is 230 g/mol. The zero-order valence-corrected chi connectivity index (χ0v) is 8.96. The van der Waals surface area contributed by atoms with E-state index in [1.165, 1.54) is 0 Å². The highest BCUT2D eigenvalue weighted by molar-refractivity contribution is 5.74. The first-order chi connectivity index (χ1) is 8.31. The topological polar surface area (TPSA) is 56.5 Å². The van der Waals surface area contributed by atoms with Gasteiger partial charge in [0.05, 0.1) is 0 Å². The highest BCUT2D eigenvalue weighted by Gasteiger charge is 2.02. The minimum atomic E-state index is 0.244. The predicted octanol–water partition coefficient (Wildman–Crippen LogP) is 2.48. The van der Waals surface area contributed by atoms with E-state index < -0.39 is 0 Å². The molecule has 0 N–H and O–H groups in total. The summed E-state index contributed by atoms with van der Waals surface area (Å²) in [6.45, 7) is 0.244. The molecule has 0 aliphatic rings. The van der Waals surface area contributed by atoms with Crippen LogP contribution in [0.25, 0.3) is 0 Å². The maximum absolute atomic E-state index is 10.4. The summed E-state index contributed by atoms with van der Waals surface area (Å²) in [6, 6.07) is 10.0. The molecule has 2 aromatic rings. The summed E-state index contributed by atoms with van der Waals surface area (Å²) in [5, 5.41) is 0. The monoisotopic (exact) mass is 230 g/mol. The second-order valence-electron chi connectivity index (χ2n) is 3.40. The fraction of sp³-hybridized carbons (Fsp3) is 0.0769. The fourth-order valence-electron chi connectivity index (χ4n) is 1.33. The molecule has 0 saturated carbocycles. The van der Waals surface area contributed by atoms with Crippen molar-refractivity contribution >= 4 is 12.6 Å². The van der Waals surface area contributed by atoms with Crippen LogP contribution in [0.5, 0.6) is 5.75 Å². The maximum Gasteiger partial charge on any atom is 0.185 e. The van der Waals surface area contributed by atoms with Crippen LogP contribution in [-0.4, -0.2) is 12.6 Å². The van der Waals surface area contributed by atoms with E-state index in [1.807, 2.05) is 0 Å². The molecule has 0 aliphatic heterocycles. The third-order valence-corrected chi connectivity index (χ3v) is 2.20. The van der Waals surface area contributed by atoms with Gasteiger partial charge in [-0.25, -0.2) is 0 Å². The lowest BCUT2D eigenvalue weighted by molar-refractivity contribution is 0.109. The standard InChI is InChI=1S/C13H10O4/c14-7-10-1-3-11(4-2-10)16-9-13-6-5-12(8-15)17-13/h1-8H,9H2. The van der Waals surface area contributed by atoms with Crippen LogP contribution >= 0.6 is 0 Å². The molecule has 0 aliphatic carbocycles. The van der Waals surface area contributed by atoms with Crippen molar-refractivity contribution in [2.45, 2.75) is 6.61 Å². The van der Waals surface area contributed by atoms with Crippen LogP contribution in [-0.2, 0) is 6.61 Å². The number of carbonyl (C=O) groups is 2. The second-order valence-corrected chi connectivity index (χ2v) is 3.40. The number of benzene rings is 1. The largest absolute Gasteiger partial charge is 0.486 e. The van der Waals surface area contributed by atoms with Crippen LogP contribution in [0.3, 0.4) is 0 Å². The van der Waals surface area contributed by atoms with Crippen molar-refractivity contribution in [2.75, 3.05) is 0 Å². The lowest BCUT2D eigenvalue weighted by Crippen LogP contribution is -1.93. The Morgan fingerprint density at radius 3 is 2.35 bits per heavy atom. The number of hydrogen-bond acceptors (Lipinski definition) is 4. The van der Waals surface area contributed by atoms with Gasteiger partial charge in [-0.3, -0.25) is 9.59 Å². The zero-order valence-electron chi connectivity index (χ0n) is 8.96. The second kappa shape index (κ2) is 5.12. The van der Waals surface area contributed by atoms with E-state index in [0.29, 0.717) is 23.4 Å². The summed E-state index contributed by atoms with van der Waals surface area (Å²) in [6.07, 6.45) is 1.41. The number of aldehydes is 2. The summed E-state index contributed by atoms with van der Waals surface area (Å²) in [5.74, 6) is 1.49. The molecule has 17 heavy (non-hydrogen) atoms. The smallest absolute Gasteiger partial charge is 0.185 e. The number of carbonyl (C=O) groups excluding carboxylic acids is 2. The number of ether oxygens (including phenoxy) is 1. The summed E-state index contributed by atoms with van der Waals surface area (Å²) < 4.78 is 10.6. The molecular formula is C13H10O4. The van der Waals surface area contributed by atoms with Crippen molar-refractivity contribution in [2.24, 2.45) is 0 Å². The molecule has 0 unspecified atom stereocenters. The van der Waals surface area contributed by atoms with Crippen LogP contribution in [0.2, 0.25) is 0 Å². The van der Waals surface area contributed by atoms with Gasteiger partial charge in [-0.2, -0.15) is 0 Å². The van der Waals surface area contributed by atoms with E-state index in [9.17, 15) is 9.59 Å². The summed E-state index contributed by atoms with van der Waals surface area (Å²) in [5.41, 5.74) is 0.596. The first-order valence-electron chi connectivity index (χ1n) is 5.04. The van der Waals surface area contributed by atoms with Crippen molar-refractivity contribution in [3.63, 3.8) is 0 Å². The van der Waals surface area contributed by atoms with Crippen LogP contribution in [0.15, 0.2) is 40.8 Å². The molecular weight excluding hydrogens is 220 g/mol. The molecule has 0 amide bonds. The van der Waals surface area contributed by atoms with Gasteiger partial charge in [0.1, 0.15) is 24.4 Å². The Kier molecular flexibility index (Phi) is 3.35. The first-order valence-corrected chi connectivity index (χ1v) is 5.04. The number of rotatable bonds is 5. The zero-order chi connectivity index (χ0) is 12.1. The minimum absolute atomic E-state index is 0.244. The van der Waals surface area contributed by atoms with E-state index in [-0.39, 0.29) is 12.4 Å². The van der Waals surface area contributed by atoms with Crippen LogP contribution in [0.1, 0.15) is 26.7 Å². The van der Waals surface area contributed by atoms with Crippen molar-refractivity contribution < 1.29 is 18.7 Å². The molecule has 0 atom stereocenters. The Hall–Kier alpha value is -2.36. The van der Waals surface area contributed by atoms with Gasteiger partial charge in [-0.1, -0.05) is 0 Å². The number of hydrogen-bond donors (Lipinski definition) is 0. The van der Waals surface area contributed by atoms with E-state index in [2.05, 4.69) is 0 Å². The van der Waals surface area contributed by atoms with Crippen molar-refractivity contribution in [3.05, 3.63) is 53.5 Å². The molecule has 0 bridgehead atoms. The summed E-state index contributed by atoms with van der Waals surface area (Å²) in [7, 11) is 0. The van der Waals surface area contributed by atoms with E-state index in [1.54, 1.807) is 36.4 Å². The molecule has 0 radical (unpaired) electrons. The Balaban J connectivity index is 1.96. The highest BCUT2D eigenvalue weighted by atomic mass is 16.5. The molecule has 1 heterocycles. The third kappa shape index (κ3) is 2.81. The maximum atomic E-state index is 10.4. The molecule has 0 saturated heterocycles. The SMILES string of the molecule is O=Cc1ccc(OCc2ccc(C=O)o2)cc1. The molecule has 2 rings (SSSR count). The van der Waals surface area contributed by atoms with Gasteiger partial charge in [-0.15, -0.1) is 0 Å². The summed E-state index contributed by atoms with van der Waals surface area (Å²) >= 11 is 0. The lowest BCUT2D eigenvalue weighted by atomic mass is 10.2. The van der Waals surface area contributed by atoms with Gasteiger partial charge < -0.3 is 9.15 Å². The Morgan fingerprint density at radius 1 is 1.00 bits per heavy atom. The van der Waals surface area contributed by atoms with Gasteiger partial charge in [0.2, 0.25) is 0 Å². The normalized spacial score (nSPS) is 9.88. The van der Waals surface area contributed by atoms with Crippen molar-refractivity contribution in [1.82, 2.24) is 0 Å². The van der Waals surface area contributed by atoms with Gasteiger partial charge in [0, 0.05) is 5.56 Å². The quantitative estimate of drug-likeness (QED) is 0.740. The predicted molar refractivity (Wildman–Crippen MR) is 60.3 cm³/mol. The third-order valence-electron chi connectivity index (χ3n) is 2.20. The lowest BCUT2D eigenvalue weighted by Gasteiger charge is -2.03. The van der Waals surface area contributed by atoms with Crippen molar-refractivity contribution in [1.29, 1.82) is 0 Å². The fourth-order valence-corrected chi connectivity index (χ4v) is 1.33. The Bertz CT molecular complexity index is 510. The van der Waals surface area contributed by atoms with Crippen molar-refractivity contribution in [3.8, 4) is 5.75 Å². The molecule has 0 fully saturated rings. The minimum Gasteiger partial charge on any atom is -0.486 e. The number of furan rings is 1. The highest BCUT2D eigenvalue weighted by Crippen LogP contribution is 2.14. The van der Waals surface area contributed by atoms with E-state index >= 15 is 0 Å². The molecule has 86 valence electrons. The molecule has 0 spiro atoms. The molecule has 4 heteroatoms. The van der Waals surface area contributed by atoms with E-state index in [0.717, 1.165) is 6.29 Å². The van der Waals surface area contributed by atoms with Gasteiger partial charge in [0.25, 0.3) is 0 Å². The van der Waals surface area contributed by atoms with E-state index in [4.69, 9.17) is 9.15 Å². The average Bonchev–Trinajstić information content (AvgIpc) is 2.85. The first kappa shape index (κ1) is 11.1. The molecule has 4 nitrogen and oxygen atoms in total. The van der Waals surface area contributed by atoms with Crippen LogP contribution in [0.4, 0.5) is 0 Å². The van der Waals surface area contributed by atoms with Gasteiger partial charge in [0.15, 0.2) is 12.0 Å². The van der Waals surface area contributed by atoms with Crippen LogP contribution < -0.4 is 4.74 Å². The Morgan fingerprint density at radius 2 is 1.76 bits per heavy atom.